The first kappa shape index (κ1) is 14.5. The zero-order valence-electron chi connectivity index (χ0n) is 10.5. The molecule has 0 saturated carbocycles. The van der Waals surface area contributed by atoms with E-state index in [1.165, 1.54) is 0 Å². The van der Waals surface area contributed by atoms with Crippen LogP contribution in [-0.4, -0.2) is 23.3 Å². The Hall–Kier alpha value is -1.92. The Morgan fingerprint density at radius 1 is 1.35 bits per heavy atom. The zero-order valence-corrected chi connectivity index (χ0v) is 10.5. The maximum Gasteiger partial charge on any atom is 0.416 e. The molecule has 0 radical (unpaired) electrons. The van der Waals surface area contributed by atoms with Gasteiger partial charge in [0, 0.05) is 13.0 Å². The van der Waals surface area contributed by atoms with E-state index in [1.807, 2.05) is 0 Å². The van der Waals surface area contributed by atoms with Crippen LogP contribution >= 0.6 is 0 Å². The van der Waals surface area contributed by atoms with E-state index in [2.05, 4.69) is 0 Å². The summed E-state index contributed by atoms with van der Waals surface area (Å²) in [7, 11) is 0. The van der Waals surface area contributed by atoms with Crippen molar-refractivity contribution in [3.05, 3.63) is 35.1 Å². The van der Waals surface area contributed by atoms with Crippen molar-refractivity contribution in [2.45, 2.75) is 19.5 Å². The molecular weight excluding hydrogens is 278 g/mol. The van der Waals surface area contributed by atoms with Gasteiger partial charge in [-0.05, 0) is 24.1 Å². The Kier molecular flexibility index (Phi) is 3.54. The fraction of sp³-hybridized carbons (Fsp3) is 0.385. The summed E-state index contributed by atoms with van der Waals surface area (Å²) in [6.07, 6.45) is -4.54. The number of halogens is 4. The van der Waals surface area contributed by atoms with Crippen LogP contribution in [0.15, 0.2) is 18.2 Å². The monoisotopic (exact) mass is 289 g/mol. The first-order chi connectivity index (χ1) is 9.20. The second-order valence-electron chi connectivity index (χ2n) is 4.81. The fourth-order valence-corrected chi connectivity index (χ4v) is 2.09. The maximum absolute atomic E-state index is 13.6. The molecule has 1 aromatic carbocycles. The molecule has 0 bridgehead atoms. The van der Waals surface area contributed by atoms with E-state index in [-0.39, 0.29) is 18.9 Å². The molecule has 1 saturated heterocycles. The summed E-state index contributed by atoms with van der Waals surface area (Å²) in [4.78, 5) is 24.3. The van der Waals surface area contributed by atoms with Gasteiger partial charge in [0.1, 0.15) is 5.82 Å². The van der Waals surface area contributed by atoms with Crippen molar-refractivity contribution in [1.82, 2.24) is 4.90 Å². The second kappa shape index (κ2) is 4.88. The minimum Gasteiger partial charge on any atom is -0.278 e. The molecule has 2 rings (SSSR count). The van der Waals surface area contributed by atoms with E-state index in [0.29, 0.717) is 18.2 Å². The van der Waals surface area contributed by atoms with Gasteiger partial charge in [0.2, 0.25) is 5.91 Å². The molecule has 0 spiro atoms. The lowest BCUT2D eigenvalue weighted by molar-refractivity contribution is -0.137. The Balaban J connectivity index is 2.37. The average molecular weight is 289 g/mol. The van der Waals surface area contributed by atoms with Crippen molar-refractivity contribution in [3.8, 4) is 0 Å². The third kappa shape index (κ3) is 2.66. The molecule has 1 fully saturated rings. The van der Waals surface area contributed by atoms with Gasteiger partial charge in [-0.3, -0.25) is 14.5 Å². The molecule has 1 atom stereocenters. The van der Waals surface area contributed by atoms with Crippen LogP contribution in [-0.2, 0) is 11.0 Å². The van der Waals surface area contributed by atoms with Gasteiger partial charge < -0.3 is 0 Å². The maximum atomic E-state index is 13.6. The Labute approximate surface area is 112 Å². The molecule has 108 valence electrons. The highest BCUT2D eigenvalue weighted by Crippen LogP contribution is 2.31. The van der Waals surface area contributed by atoms with Crippen molar-refractivity contribution in [3.63, 3.8) is 0 Å². The molecule has 0 aliphatic carbocycles. The quantitative estimate of drug-likeness (QED) is 0.589. The van der Waals surface area contributed by atoms with E-state index in [9.17, 15) is 27.2 Å². The van der Waals surface area contributed by atoms with Crippen LogP contribution in [0.25, 0.3) is 0 Å². The van der Waals surface area contributed by atoms with Crippen LogP contribution in [0.4, 0.5) is 17.6 Å². The van der Waals surface area contributed by atoms with Crippen LogP contribution < -0.4 is 0 Å². The number of alkyl halides is 3. The summed E-state index contributed by atoms with van der Waals surface area (Å²) in [6, 6.07) is 1.58. The summed E-state index contributed by atoms with van der Waals surface area (Å²) in [6.45, 7) is 1.82. The minimum absolute atomic E-state index is 0.0830. The van der Waals surface area contributed by atoms with Crippen molar-refractivity contribution in [2.75, 3.05) is 6.54 Å². The molecule has 1 heterocycles. The number of rotatable bonds is 1. The standard InChI is InChI=1S/C13H11F4NO2/c1-7-4-11(19)18(6-7)12(20)9-5-8(13(15,16)17)2-3-10(9)14/h2-3,5,7H,4,6H2,1H3. The summed E-state index contributed by atoms with van der Waals surface area (Å²) >= 11 is 0. The summed E-state index contributed by atoms with van der Waals surface area (Å²) in [5.41, 5.74) is -1.86. The molecule has 0 aromatic heterocycles. The number of imide groups is 1. The largest absolute Gasteiger partial charge is 0.416 e. The zero-order chi connectivity index (χ0) is 15.1. The van der Waals surface area contributed by atoms with Gasteiger partial charge in [-0.2, -0.15) is 13.2 Å². The van der Waals surface area contributed by atoms with Crippen LogP contribution in [0.2, 0.25) is 0 Å². The number of carbonyl (C=O) groups excluding carboxylic acids is 2. The smallest absolute Gasteiger partial charge is 0.278 e. The Bertz CT molecular complexity index is 568. The molecule has 3 nitrogen and oxygen atoms in total. The minimum atomic E-state index is -4.68. The van der Waals surface area contributed by atoms with Crippen LogP contribution in [0.3, 0.4) is 0 Å². The molecule has 20 heavy (non-hydrogen) atoms. The van der Waals surface area contributed by atoms with Gasteiger partial charge in [-0.25, -0.2) is 4.39 Å². The predicted molar refractivity (Wildman–Crippen MR) is 61.2 cm³/mol. The lowest BCUT2D eigenvalue weighted by atomic mass is 10.1. The normalized spacial score (nSPS) is 19.6. The number of carbonyl (C=O) groups is 2. The fourth-order valence-electron chi connectivity index (χ4n) is 2.09. The number of benzene rings is 1. The lowest BCUT2D eigenvalue weighted by Crippen LogP contribution is -2.33. The number of amides is 2. The highest BCUT2D eigenvalue weighted by atomic mass is 19.4. The molecule has 2 amide bonds. The number of nitrogens with zero attached hydrogens (tertiary/aromatic N) is 1. The molecule has 1 aromatic rings. The van der Waals surface area contributed by atoms with E-state index in [0.717, 1.165) is 4.90 Å². The van der Waals surface area contributed by atoms with Gasteiger partial charge in [-0.15, -0.1) is 0 Å². The first-order valence-corrected chi connectivity index (χ1v) is 5.91. The number of likely N-dealkylation sites (tertiary alicyclic amines) is 1. The van der Waals surface area contributed by atoms with E-state index in [4.69, 9.17) is 0 Å². The van der Waals surface area contributed by atoms with Crippen molar-refractivity contribution < 1.29 is 27.2 Å². The summed E-state index contributed by atoms with van der Waals surface area (Å²) in [5.74, 6) is -2.68. The van der Waals surface area contributed by atoms with Crippen molar-refractivity contribution in [2.24, 2.45) is 5.92 Å². The SMILES string of the molecule is CC1CC(=O)N(C(=O)c2cc(C(F)(F)F)ccc2F)C1. The van der Waals surface area contributed by atoms with Crippen LogP contribution in [0.1, 0.15) is 29.3 Å². The van der Waals surface area contributed by atoms with E-state index in [1.54, 1.807) is 6.92 Å². The molecule has 1 aliphatic heterocycles. The second-order valence-corrected chi connectivity index (χ2v) is 4.81. The Morgan fingerprint density at radius 3 is 2.50 bits per heavy atom. The van der Waals surface area contributed by atoms with Crippen LogP contribution in [0, 0.1) is 11.7 Å². The third-order valence-corrected chi connectivity index (χ3v) is 3.09. The van der Waals surface area contributed by atoms with Gasteiger partial charge in [-0.1, -0.05) is 6.92 Å². The van der Waals surface area contributed by atoms with Crippen molar-refractivity contribution in [1.29, 1.82) is 0 Å². The molecular formula is C13H11F4NO2. The molecule has 7 heteroatoms. The van der Waals surface area contributed by atoms with Gasteiger partial charge in [0.15, 0.2) is 0 Å². The average Bonchev–Trinajstić information content (AvgIpc) is 2.66. The van der Waals surface area contributed by atoms with E-state index >= 15 is 0 Å². The summed E-state index contributed by atoms with van der Waals surface area (Å²) in [5, 5.41) is 0. The predicted octanol–water partition coefficient (Wildman–Crippen LogP) is 2.85. The summed E-state index contributed by atoms with van der Waals surface area (Å²) < 4.78 is 51.3. The van der Waals surface area contributed by atoms with Gasteiger partial charge in [0.05, 0.1) is 11.1 Å². The molecule has 0 N–H and O–H groups in total. The highest BCUT2D eigenvalue weighted by Gasteiger charge is 2.36. The van der Waals surface area contributed by atoms with Crippen LogP contribution in [0.5, 0.6) is 0 Å². The number of hydrogen-bond acceptors (Lipinski definition) is 2. The molecule has 1 aliphatic rings. The van der Waals surface area contributed by atoms with Gasteiger partial charge >= 0.3 is 6.18 Å². The third-order valence-electron chi connectivity index (χ3n) is 3.09. The lowest BCUT2D eigenvalue weighted by Gasteiger charge is -2.16. The molecule has 1 unspecified atom stereocenters. The van der Waals surface area contributed by atoms with Crippen molar-refractivity contribution >= 4 is 11.8 Å². The van der Waals surface area contributed by atoms with Gasteiger partial charge in [0.25, 0.3) is 5.91 Å². The number of hydrogen-bond donors (Lipinski definition) is 0. The Morgan fingerprint density at radius 2 is 2.00 bits per heavy atom. The topological polar surface area (TPSA) is 37.4 Å². The van der Waals surface area contributed by atoms with E-state index < -0.39 is 34.9 Å². The highest BCUT2D eigenvalue weighted by molar-refractivity contribution is 6.05. The first-order valence-electron chi connectivity index (χ1n) is 5.91.